The highest BCUT2D eigenvalue weighted by atomic mass is 16.7. The van der Waals surface area contributed by atoms with Gasteiger partial charge in [0.15, 0.2) is 5.78 Å². The van der Waals surface area contributed by atoms with Gasteiger partial charge < -0.3 is 44.8 Å². The minimum atomic E-state index is -1.64. The Hall–Kier alpha value is -2.89. The molecule has 0 spiro atoms. The number of hydrogen-bond acceptors (Lipinski definition) is 10. The molecule has 172 valence electrons. The van der Waals surface area contributed by atoms with E-state index < -0.39 is 43.4 Å². The number of aromatic hydroxyl groups is 2. The van der Waals surface area contributed by atoms with Crippen molar-refractivity contribution in [1.82, 2.24) is 0 Å². The quantitative estimate of drug-likeness (QED) is 0.383. The van der Waals surface area contributed by atoms with Crippen LogP contribution in [-0.4, -0.2) is 73.7 Å². The minimum Gasteiger partial charge on any atom is -0.508 e. The highest BCUT2D eigenvalue weighted by molar-refractivity contribution is 6.03. The van der Waals surface area contributed by atoms with Gasteiger partial charge in [0.05, 0.1) is 13.0 Å². The lowest BCUT2D eigenvalue weighted by Crippen LogP contribution is -2.60. The molecule has 2 aliphatic rings. The van der Waals surface area contributed by atoms with Crippen LogP contribution in [0.1, 0.15) is 34.0 Å². The lowest BCUT2D eigenvalue weighted by molar-refractivity contribution is -0.277. The molecule has 0 aliphatic carbocycles. The van der Waals surface area contributed by atoms with E-state index in [1.807, 2.05) is 0 Å². The van der Waals surface area contributed by atoms with Crippen LogP contribution < -0.4 is 9.47 Å². The minimum absolute atomic E-state index is 0.00122. The Morgan fingerprint density at radius 1 is 1.06 bits per heavy atom. The average molecular weight is 448 g/mol. The number of aliphatic hydroxyl groups is 4. The Morgan fingerprint density at radius 3 is 2.41 bits per heavy atom. The fourth-order valence-corrected chi connectivity index (χ4v) is 3.84. The van der Waals surface area contributed by atoms with Crippen LogP contribution in [0.3, 0.4) is 0 Å². The predicted molar refractivity (Wildman–Crippen MR) is 108 cm³/mol. The van der Waals surface area contributed by atoms with E-state index in [1.165, 1.54) is 25.1 Å². The number of ketones is 1. The summed E-state index contributed by atoms with van der Waals surface area (Å²) in [7, 11) is 0. The van der Waals surface area contributed by atoms with Crippen molar-refractivity contribution in [1.29, 1.82) is 0 Å². The molecule has 6 N–H and O–H groups in total. The lowest BCUT2D eigenvalue weighted by Gasteiger charge is -2.39. The molecule has 1 saturated heterocycles. The molecule has 0 unspecified atom stereocenters. The third kappa shape index (κ3) is 3.87. The van der Waals surface area contributed by atoms with Gasteiger partial charge in [0, 0.05) is 11.6 Å². The first kappa shape index (κ1) is 22.3. The monoisotopic (exact) mass is 448 g/mol. The summed E-state index contributed by atoms with van der Waals surface area (Å²) in [6.45, 7) is 0.874. The summed E-state index contributed by atoms with van der Waals surface area (Å²) in [5, 5.41) is 59.6. The summed E-state index contributed by atoms with van der Waals surface area (Å²) in [4.78, 5) is 12.7. The van der Waals surface area contributed by atoms with Crippen LogP contribution in [0.5, 0.6) is 23.0 Å². The number of phenols is 2. The first-order chi connectivity index (χ1) is 15.2. The van der Waals surface area contributed by atoms with Crippen molar-refractivity contribution < 1.29 is 49.6 Å². The van der Waals surface area contributed by atoms with Crippen LogP contribution in [0.4, 0.5) is 0 Å². The molecule has 6 atom stereocenters. The number of rotatable bonds is 4. The topological polar surface area (TPSA) is 166 Å². The first-order valence-electron chi connectivity index (χ1n) is 10.0. The SMILES string of the molecule is Cc1c(O[C@H]2O[C@@H](CO)[C@H](O)[C@@H](O)[C@@H]2O)cc2c(c1O)C(=O)C[C@@H](c1ccc(O)cc1)O2. The van der Waals surface area contributed by atoms with E-state index in [4.69, 9.17) is 14.2 Å². The fourth-order valence-electron chi connectivity index (χ4n) is 3.84. The zero-order valence-electron chi connectivity index (χ0n) is 17.1. The summed E-state index contributed by atoms with van der Waals surface area (Å²) in [5.74, 6) is -0.549. The maximum absolute atomic E-state index is 12.7. The van der Waals surface area contributed by atoms with Gasteiger partial charge in [-0.25, -0.2) is 0 Å². The number of hydrogen-bond donors (Lipinski definition) is 6. The number of ether oxygens (including phenoxy) is 3. The van der Waals surface area contributed by atoms with Crippen molar-refractivity contribution in [3.05, 3.63) is 47.0 Å². The van der Waals surface area contributed by atoms with Crippen molar-refractivity contribution in [3.63, 3.8) is 0 Å². The van der Waals surface area contributed by atoms with E-state index >= 15 is 0 Å². The van der Waals surface area contributed by atoms with Gasteiger partial charge in [0.25, 0.3) is 0 Å². The zero-order chi connectivity index (χ0) is 23.2. The van der Waals surface area contributed by atoms with Gasteiger partial charge in [-0.3, -0.25) is 4.79 Å². The maximum atomic E-state index is 12.7. The molecule has 2 aromatic rings. The van der Waals surface area contributed by atoms with E-state index in [2.05, 4.69) is 0 Å². The van der Waals surface area contributed by atoms with Crippen LogP contribution in [0.2, 0.25) is 0 Å². The van der Waals surface area contributed by atoms with Crippen LogP contribution in [0.15, 0.2) is 30.3 Å². The number of benzene rings is 2. The Bertz CT molecular complexity index is 1000. The van der Waals surface area contributed by atoms with Crippen molar-refractivity contribution in [2.24, 2.45) is 0 Å². The van der Waals surface area contributed by atoms with Crippen molar-refractivity contribution in [3.8, 4) is 23.0 Å². The van der Waals surface area contributed by atoms with Crippen molar-refractivity contribution >= 4 is 5.78 Å². The number of phenolic OH excluding ortho intramolecular Hbond substituents is 2. The van der Waals surface area contributed by atoms with E-state index in [0.29, 0.717) is 5.56 Å². The van der Waals surface area contributed by atoms with Gasteiger partial charge in [0.2, 0.25) is 6.29 Å². The molecule has 4 rings (SSSR count). The molecule has 10 heteroatoms. The Balaban J connectivity index is 1.64. The van der Waals surface area contributed by atoms with Gasteiger partial charge in [-0.2, -0.15) is 0 Å². The van der Waals surface area contributed by atoms with Crippen LogP contribution in [0.25, 0.3) is 0 Å². The summed E-state index contributed by atoms with van der Waals surface area (Å²) in [5.41, 5.74) is 0.831. The largest absolute Gasteiger partial charge is 0.508 e. The van der Waals surface area contributed by atoms with Crippen LogP contribution in [0, 0.1) is 6.92 Å². The van der Waals surface area contributed by atoms with E-state index in [9.17, 15) is 35.4 Å². The van der Waals surface area contributed by atoms with Gasteiger partial charge in [0.1, 0.15) is 59.1 Å². The molecule has 10 nitrogen and oxygen atoms in total. The molecule has 0 bridgehead atoms. The molecule has 1 fully saturated rings. The highest BCUT2D eigenvalue weighted by Crippen LogP contribution is 2.45. The van der Waals surface area contributed by atoms with Crippen molar-refractivity contribution in [2.75, 3.05) is 6.61 Å². The van der Waals surface area contributed by atoms with Gasteiger partial charge >= 0.3 is 0 Å². The van der Waals surface area contributed by atoms with Crippen LogP contribution in [-0.2, 0) is 4.74 Å². The number of carbonyl (C=O) groups is 1. The standard InChI is InChI=1S/C22H24O10/c1-9-13(31-22-21(29)20(28)19(27)16(8-23)32-22)7-15-17(18(9)26)12(25)6-14(30-15)10-2-4-11(24)5-3-10/h2-5,7,14,16,19-24,26-29H,6,8H2,1H3/t14-,16-,19-,20+,21-,22-/m0/s1. The Morgan fingerprint density at radius 2 is 1.75 bits per heavy atom. The molecule has 0 saturated carbocycles. The maximum Gasteiger partial charge on any atom is 0.229 e. The molecule has 2 aliphatic heterocycles. The molecule has 0 amide bonds. The summed E-state index contributed by atoms with van der Waals surface area (Å²) in [6.07, 6.45) is -8.11. The molecule has 0 aromatic heterocycles. The number of carbonyl (C=O) groups excluding carboxylic acids is 1. The molecule has 32 heavy (non-hydrogen) atoms. The van der Waals surface area contributed by atoms with E-state index in [-0.39, 0.29) is 46.3 Å². The summed E-state index contributed by atoms with van der Waals surface area (Å²) >= 11 is 0. The summed E-state index contributed by atoms with van der Waals surface area (Å²) < 4.78 is 16.9. The predicted octanol–water partition coefficient (Wildman–Crippen LogP) is 0.291. The van der Waals surface area contributed by atoms with Gasteiger partial charge in [-0.15, -0.1) is 0 Å². The zero-order valence-corrected chi connectivity index (χ0v) is 17.1. The number of aliphatic hydroxyl groups excluding tert-OH is 4. The summed E-state index contributed by atoms with van der Waals surface area (Å²) in [6, 6.07) is 7.56. The smallest absolute Gasteiger partial charge is 0.229 e. The highest BCUT2D eigenvalue weighted by Gasteiger charge is 2.45. The molecular formula is C22H24O10. The van der Waals surface area contributed by atoms with Crippen LogP contribution >= 0.6 is 0 Å². The molecule has 2 aromatic carbocycles. The third-order valence-electron chi connectivity index (χ3n) is 5.75. The fraction of sp³-hybridized carbons (Fsp3) is 0.409. The second-order valence-corrected chi connectivity index (χ2v) is 7.86. The van der Waals surface area contributed by atoms with Gasteiger partial charge in [-0.1, -0.05) is 12.1 Å². The van der Waals surface area contributed by atoms with E-state index in [0.717, 1.165) is 0 Å². The lowest BCUT2D eigenvalue weighted by atomic mass is 9.94. The third-order valence-corrected chi connectivity index (χ3v) is 5.75. The normalized spacial score (nSPS) is 29.8. The first-order valence-corrected chi connectivity index (χ1v) is 10.0. The number of fused-ring (bicyclic) bond motifs is 1. The van der Waals surface area contributed by atoms with Crippen molar-refractivity contribution in [2.45, 2.75) is 50.2 Å². The molecule has 0 radical (unpaired) electrons. The Kier molecular flexibility index (Phi) is 5.97. The number of Topliss-reactive ketones (excluding diaryl/α,β-unsaturated/α-hetero) is 1. The Labute approximate surface area is 182 Å². The van der Waals surface area contributed by atoms with Gasteiger partial charge in [-0.05, 0) is 24.6 Å². The molecular weight excluding hydrogens is 424 g/mol. The molecule has 2 heterocycles. The second-order valence-electron chi connectivity index (χ2n) is 7.86. The second kappa shape index (κ2) is 8.57. The van der Waals surface area contributed by atoms with E-state index in [1.54, 1.807) is 12.1 Å². The average Bonchev–Trinajstić information content (AvgIpc) is 2.77.